The molecule has 0 atom stereocenters. The molecule has 0 heterocycles. The standard InChI is InChI=1S/C24H37BTe/c1-2-3-19-26-20-24(21-13-7-4-8-14-21)25(22-15-9-5-10-16-22)23-17-11-6-12-18-23/h4,7-8,13-14,20,22-23H,2-3,5-6,9-12,15-19H2,1H3/b24-20+. The molecule has 0 radical (unpaired) electrons. The summed E-state index contributed by atoms with van der Waals surface area (Å²) in [7, 11) is 0. The molecule has 2 heteroatoms. The quantitative estimate of drug-likeness (QED) is 0.274. The van der Waals surface area contributed by atoms with Gasteiger partial charge in [-0.25, -0.2) is 0 Å². The van der Waals surface area contributed by atoms with Crippen LogP contribution in [0.1, 0.15) is 89.5 Å². The van der Waals surface area contributed by atoms with Crippen LogP contribution in [0.15, 0.2) is 34.5 Å². The van der Waals surface area contributed by atoms with Crippen LogP contribution in [-0.2, 0) is 0 Å². The van der Waals surface area contributed by atoms with E-state index in [1.807, 2.05) is 0 Å². The maximum atomic E-state index is 2.80. The fourth-order valence-electron chi connectivity index (χ4n) is 5.23. The Morgan fingerprint density at radius 3 is 2.04 bits per heavy atom. The molecule has 2 aliphatic rings. The van der Waals surface area contributed by atoms with Gasteiger partial charge in [-0.3, -0.25) is 0 Å². The van der Waals surface area contributed by atoms with Crippen LogP contribution in [0.5, 0.6) is 0 Å². The molecule has 0 saturated heterocycles. The van der Waals surface area contributed by atoms with Crippen molar-refractivity contribution in [3.63, 3.8) is 0 Å². The average Bonchev–Trinajstić information content (AvgIpc) is 2.72. The molecule has 3 rings (SSSR count). The van der Waals surface area contributed by atoms with Crippen LogP contribution in [0, 0.1) is 0 Å². The number of hydrogen-bond donors (Lipinski definition) is 0. The minimum atomic E-state index is 0.0188. The SMILES string of the molecule is CCCC[Te]/C=C(/B(C1CCCCC1)C1CCCCC1)c1ccccc1. The summed E-state index contributed by atoms with van der Waals surface area (Å²) in [5.41, 5.74) is 3.33. The molecule has 2 fully saturated rings. The van der Waals surface area contributed by atoms with E-state index < -0.39 is 0 Å². The summed E-state index contributed by atoms with van der Waals surface area (Å²) in [5.74, 6) is 1.91. The molecule has 0 bridgehead atoms. The van der Waals surface area contributed by atoms with Gasteiger partial charge in [0, 0.05) is 0 Å². The van der Waals surface area contributed by atoms with Crippen molar-refractivity contribution >= 4 is 33.1 Å². The van der Waals surface area contributed by atoms with Gasteiger partial charge in [-0.1, -0.05) is 0 Å². The molecule has 2 saturated carbocycles. The van der Waals surface area contributed by atoms with E-state index in [2.05, 4.69) is 41.4 Å². The number of benzene rings is 1. The van der Waals surface area contributed by atoms with E-state index in [0.717, 1.165) is 18.3 Å². The first-order chi connectivity index (χ1) is 12.9. The second-order valence-corrected chi connectivity index (χ2v) is 11.3. The topological polar surface area (TPSA) is 0 Å². The summed E-state index contributed by atoms with van der Waals surface area (Å²) < 4.78 is 4.28. The second-order valence-electron chi connectivity index (χ2n) is 8.49. The van der Waals surface area contributed by atoms with Crippen LogP contribution in [0.25, 0.3) is 5.47 Å². The van der Waals surface area contributed by atoms with Crippen LogP contribution >= 0.6 is 0 Å². The van der Waals surface area contributed by atoms with Crippen molar-refractivity contribution in [1.82, 2.24) is 0 Å². The zero-order valence-corrected chi connectivity index (χ0v) is 19.1. The molecule has 0 nitrogen and oxygen atoms in total. The van der Waals surface area contributed by atoms with Crippen molar-refractivity contribution < 1.29 is 0 Å². The summed E-state index contributed by atoms with van der Waals surface area (Å²) in [6.45, 7) is 3.19. The summed E-state index contributed by atoms with van der Waals surface area (Å²) in [6.07, 6.45) is 17.6. The summed E-state index contributed by atoms with van der Waals surface area (Å²) in [6, 6.07) is 11.5. The normalized spacial score (nSPS) is 20.3. The van der Waals surface area contributed by atoms with Gasteiger partial charge in [0.2, 0.25) is 0 Å². The van der Waals surface area contributed by atoms with Gasteiger partial charge in [-0.15, -0.1) is 0 Å². The molecule has 0 N–H and O–H groups in total. The van der Waals surface area contributed by atoms with Gasteiger partial charge in [0.1, 0.15) is 0 Å². The molecule has 1 aromatic rings. The average molecular weight is 464 g/mol. The fraction of sp³-hybridized carbons (Fsp3) is 0.667. The first-order valence-electron chi connectivity index (χ1n) is 11.3. The maximum absolute atomic E-state index is 2.80. The second kappa shape index (κ2) is 11.6. The van der Waals surface area contributed by atoms with Crippen molar-refractivity contribution in [2.45, 2.75) is 100 Å². The van der Waals surface area contributed by atoms with Crippen molar-refractivity contribution in [2.24, 2.45) is 0 Å². The molecule has 0 amide bonds. The van der Waals surface area contributed by atoms with Gasteiger partial charge in [0.05, 0.1) is 0 Å². The number of rotatable bonds is 8. The molecule has 0 unspecified atom stereocenters. The van der Waals surface area contributed by atoms with Crippen molar-refractivity contribution in [2.75, 3.05) is 0 Å². The van der Waals surface area contributed by atoms with E-state index in [1.165, 1.54) is 81.5 Å². The Kier molecular flexibility index (Phi) is 9.18. The zero-order valence-electron chi connectivity index (χ0n) is 16.8. The Hall–Kier alpha value is -0.185. The number of hydrogen-bond acceptors (Lipinski definition) is 0. The Balaban J connectivity index is 1.88. The van der Waals surface area contributed by atoms with Gasteiger partial charge in [-0.05, 0) is 0 Å². The molecule has 0 spiro atoms. The van der Waals surface area contributed by atoms with E-state index in [9.17, 15) is 0 Å². The molecule has 142 valence electrons. The molecular formula is C24H37BTe. The van der Waals surface area contributed by atoms with Gasteiger partial charge in [-0.2, -0.15) is 0 Å². The first kappa shape index (κ1) is 20.5. The van der Waals surface area contributed by atoms with Crippen molar-refractivity contribution in [3.8, 4) is 0 Å². The first-order valence-corrected chi connectivity index (χ1v) is 14.3. The van der Waals surface area contributed by atoms with Gasteiger partial charge >= 0.3 is 173 Å². The van der Waals surface area contributed by atoms with Crippen LogP contribution < -0.4 is 0 Å². The van der Waals surface area contributed by atoms with Crippen LogP contribution in [0.4, 0.5) is 0 Å². The van der Waals surface area contributed by atoms with Crippen LogP contribution in [0.2, 0.25) is 16.1 Å². The zero-order chi connectivity index (χ0) is 18.0. The van der Waals surface area contributed by atoms with Crippen molar-refractivity contribution in [3.05, 3.63) is 40.0 Å². The Labute approximate surface area is 172 Å². The number of unbranched alkanes of at least 4 members (excludes halogenated alkanes) is 1. The van der Waals surface area contributed by atoms with Gasteiger partial charge in [0.25, 0.3) is 0 Å². The predicted octanol–water partition coefficient (Wildman–Crippen LogP) is 7.65. The monoisotopic (exact) mass is 466 g/mol. The predicted molar refractivity (Wildman–Crippen MR) is 119 cm³/mol. The fourth-order valence-corrected chi connectivity index (χ4v) is 8.21. The van der Waals surface area contributed by atoms with Gasteiger partial charge in [0.15, 0.2) is 0 Å². The third-order valence-electron chi connectivity index (χ3n) is 6.61. The van der Waals surface area contributed by atoms with Crippen molar-refractivity contribution in [1.29, 1.82) is 0 Å². The molecule has 26 heavy (non-hydrogen) atoms. The van der Waals surface area contributed by atoms with E-state index in [4.69, 9.17) is 0 Å². The van der Waals surface area contributed by atoms with E-state index in [1.54, 1.807) is 11.0 Å². The molecule has 0 aliphatic heterocycles. The van der Waals surface area contributed by atoms with Crippen LogP contribution in [-0.4, -0.2) is 27.6 Å². The summed E-state index contributed by atoms with van der Waals surface area (Å²) in [5, 5.41) is 0. The molecular weight excluding hydrogens is 427 g/mol. The molecule has 0 aromatic heterocycles. The summed E-state index contributed by atoms with van der Waals surface area (Å²) >= 11 is 0.0188. The summed E-state index contributed by atoms with van der Waals surface area (Å²) in [4.78, 5) is 0. The Morgan fingerprint density at radius 1 is 0.923 bits per heavy atom. The molecule has 1 aromatic carbocycles. The Bertz CT molecular complexity index is 508. The van der Waals surface area contributed by atoms with E-state index in [0.29, 0.717) is 0 Å². The molecule has 2 aliphatic carbocycles. The van der Waals surface area contributed by atoms with E-state index >= 15 is 0 Å². The van der Waals surface area contributed by atoms with Crippen LogP contribution in [0.3, 0.4) is 0 Å². The Morgan fingerprint density at radius 2 is 1.50 bits per heavy atom. The van der Waals surface area contributed by atoms with E-state index in [-0.39, 0.29) is 20.9 Å². The third kappa shape index (κ3) is 5.91. The van der Waals surface area contributed by atoms with Gasteiger partial charge < -0.3 is 0 Å². The third-order valence-corrected chi connectivity index (χ3v) is 9.30. The minimum absolute atomic E-state index is 0.0188.